The van der Waals surface area contributed by atoms with Gasteiger partial charge in [-0.25, -0.2) is 0 Å². The van der Waals surface area contributed by atoms with E-state index in [1.807, 2.05) is 38.1 Å². The van der Waals surface area contributed by atoms with E-state index in [0.717, 1.165) is 25.4 Å². The summed E-state index contributed by atoms with van der Waals surface area (Å²) in [6, 6.07) is 7.97. The smallest absolute Gasteiger partial charge is 0.188 e. The normalized spacial score (nSPS) is 11.4. The largest absolute Gasteiger partial charge is 0.492 e. The monoisotopic (exact) mass is 279 g/mol. The minimum Gasteiger partial charge on any atom is -0.492 e. The Morgan fingerprint density at radius 3 is 2.70 bits per heavy atom. The summed E-state index contributed by atoms with van der Waals surface area (Å²) in [6.07, 6.45) is 0.885. The minimum absolute atomic E-state index is 0.453. The second kappa shape index (κ2) is 10.1. The number of hydrogen-bond donors (Lipinski definition) is 2. The van der Waals surface area contributed by atoms with Crippen LogP contribution in [0.3, 0.4) is 0 Å². The van der Waals surface area contributed by atoms with Gasteiger partial charge in [0.15, 0.2) is 5.96 Å². The van der Waals surface area contributed by atoms with Crippen LogP contribution < -0.4 is 15.8 Å². The van der Waals surface area contributed by atoms with Gasteiger partial charge in [-0.15, -0.1) is 0 Å². The van der Waals surface area contributed by atoms with Gasteiger partial charge in [-0.05, 0) is 32.4 Å². The summed E-state index contributed by atoms with van der Waals surface area (Å²) in [4.78, 5) is 4.20. The van der Waals surface area contributed by atoms with Crippen LogP contribution in [0.4, 0.5) is 0 Å². The number of aliphatic imine (C=N–C) groups is 1. The molecule has 0 fully saturated rings. The summed E-state index contributed by atoms with van der Waals surface area (Å²) < 4.78 is 10.8. The highest BCUT2D eigenvalue weighted by Gasteiger charge is 1.94. The Balaban J connectivity index is 2.07. The number of nitrogens with two attached hydrogens (primary N) is 1. The van der Waals surface area contributed by atoms with Gasteiger partial charge in [0, 0.05) is 19.8 Å². The quantitative estimate of drug-likeness (QED) is 0.410. The van der Waals surface area contributed by atoms with Gasteiger partial charge in [-0.3, -0.25) is 4.99 Å². The predicted molar refractivity (Wildman–Crippen MR) is 82.3 cm³/mol. The molecular weight excluding hydrogens is 254 g/mol. The lowest BCUT2D eigenvalue weighted by molar-refractivity contribution is 0.146. The van der Waals surface area contributed by atoms with Crippen molar-refractivity contribution >= 4 is 5.96 Å². The molecule has 0 atom stereocenters. The van der Waals surface area contributed by atoms with E-state index in [0.29, 0.717) is 25.7 Å². The van der Waals surface area contributed by atoms with Gasteiger partial charge < -0.3 is 20.5 Å². The minimum atomic E-state index is 0.453. The summed E-state index contributed by atoms with van der Waals surface area (Å²) in [6.45, 7) is 7.36. The van der Waals surface area contributed by atoms with Gasteiger partial charge in [0.1, 0.15) is 12.4 Å². The standard InChI is InChI=1S/C15H25N3O2/c1-3-19-11-4-9-17-15(16)18-10-12-20-14-7-5-13(2)6-8-14/h5-8H,3-4,9-12H2,1-2H3,(H3,16,17,18). The Hall–Kier alpha value is -1.75. The Morgan fingerprint density at radius 2 is 2.00 bits per heavy atom. The molecule has 3 N–H and O–H groups in total. The molecule has 0 bridgehead atoms. The van der Waals surface area contributed by atoms with Crippen molar-refractivity contribution in [3.05, 3.63) is 29.8 Å². The summed E-state index contributed by atoms with van der Waals surface area (Å²) in [5.74, 6) is 1.32. The summed E-state index contributed by atoms with van der Waals surface area (Å²) >= 11 is 0. The molecule has 112 valence electrons. The van der Waals surface area contributed by atoms with Crippen molar-refractivity contribution in [3.8, 4) is 5.75 Å². The fourth-order valence-electron chi connectivity index (χ4n) is 1.55. The van der Waals surface area contributed by atoms with Gasteiger partial charge >= 0.3 is 0 Å². The molecule has 5 nitrogen and oxygen atoms in total. The Labute approximate surface area is 121 Å². The van der Waals surface area contributed by atoms with Crippen LogP contribution in [0.1, 0.15) is 18.9 Å². The highest BCUT2D eigenvalue weighted by molar-refractivity contribution is 5.77. The van der Waals surface area contributed by atoms with Crippen molar-refractivity contribution in [2.75, 3.05) is 32.9 Å². The highest BCUT2D eigenvalue weighted by Crippen LogP contribution is 2.10. The second-order valence-corrected chi connectivity index (χ2v) is 4.41. The molecule has 0 radical (unpaired) electrons. The predicted octanol–water partition coefficient (Wildman–Crippen LogP) is 1.70. The molecule has 20 heavy (non-hydrogen) atoms. The summed E-state index contributed by atoms with van der Waals surface area (Å²) in [7, 11) is 0. The molecule has 5 heteroatoms. The Kier molecular flexibility index (Phi) is 8.22. The maximum atomic E-state index is 5.73. The first kappa shape index (κ1) is 16.3. The Bertz CT molecular complexity index is 391. The fraction of sp³-hybridized carbons (Fsp3) is 0.533. The van der Waals surface area contributed by atoms with Crippen LogP contribution in [-0.4, -0.2) is 38.9 Å². The van der Waals surface area contributed by atoms with E-state index < -0.39 is 0 Å². The molecular formula is C15H25N3O2. The van der Waals surface area contributed by atoms with E-state index in [1.54, 1.807) is 0 Å². The third-order valence-corrected chi connectivity index (χ3v) is 2.63. The molecule has 1 aromatic rings. The van der Waals surface area contributed by atoms with Crippen LogP contribution in [-0.2, 0) is 4.74 Å². The van der Waals surface area contributed by atoms with E-state index in [-0.39, 0.29) is 0 Å². The average molecular weight is 279 g/mol. The van der Waals surface area contributed by atoms with Crippen LogP contribution in [0, 0.1) is 6.92 Å². The number of ether oxygens (including phenoxy) is 2. The number of nitrogens with zero attached hydrogens (tertiary/aromatic N) is 1. The zero-order valence-electron chi connectivity index (χ0n) is 12.4. The molecule has 0 aliphatic carbocycles. The van der Waals surface area contributed by atoms with E-state index in [1.165, 1.54) is 5.56 Å². The van der Waals surface area contributed by atoms with Crippen molar-refractivity contribution < 1.29 is 9.47 Å². The Morgan fingerprint density at radius 1 is 1.25 bits per heavy atom. The van der Waals surface area contributed by atoms with Crippen molar-refractivity contribution in [1.29, 1.82) is 0 Å². The number of aryl methyl sites for hydroxylation is 1. The summed E-state index contributed by atoms with van der Waals surface area (Å²) in [5, 5.41) is 3.02. The van der Waals surface area contributed by atoms with Gasteiger partial charge in [-0.1, -0.05) is 17.7 Å². The van der Waals surface area contributed by atoms with Gasteiger partial charge in [-0.2, -0.15) is 0 Å². The highest BCUT2D eigenvalue weighted by atomic mass is 16.5. The molecule has 0 spiro atoms. The first-order valence-corrected chi connectivity index (χ1v) is 7.03. The lowest BCUT2D eigenvalue weighted by Crippen LogP contribution is -2.34. The second-order valence-electron chi connectivity index (χ2n) is 4.41. The van der Waals surface area contributed by atoms with Crippen LogP contribution >= 0.6 is 0 Å². The van der Waals surface area contributed by atoms with Gasteiger partial charge in [0.25, 0.3) is 0 Å². The van der Waals surface area contributed by atoms with Gasteiger partial charge in [0.2, 0.25) is 0 Å². The maximum absolute atomic E-state index is 5.73. The molecule has 1 rings (SSSR count). The molecule has 0 amide bonds. The van der Waals surface area contributed by atoms with E-state index in [4.69, 9.17) is 15.2 Å². The molecule has 0 saturated carbocycles. The van der Waals surface area contributed by atoms with Crippen molar-refractivity contribution in [2.24, 2.45) is 10.7 Å². The molecule has 0 aromatic heterocycles. The molecule has 0 saturated heterocycles. The zero-order valence-corrected chi connectivity index (χ0v) is 12.4. The lowest BCUT2D eigenvalue weighted by Gasteiger charge is -2.08. The van der Waals surface area contributed by atoms with Crippen LogP contribution in [0.25, 0.3) is 0 Å². The first-order chi connectivity index (χ1) is 9.72. The van der Waals surface area contributed by atoms with E-state index >= 15 is 0 Å². The SMILES string of the molecule is CCOCCCN=C(N)NCCOc1ccc(C)cc1. The third-order valence-electron chi connectivity index (χ3n) is 2.63. The van der Waals surface area contributed by atoms with Crippen LogP contribution in [0.5, 0.6) is 5.75 Å². The van der Waals surface area contributed by atoms with Crippen LogP contribution in [0.15, 0.2) is 29.3 Å². The molecule has 0 aliphatic heterocycles. The zero-order chi connectivity index (χ0) is 14.6. The topological polar surface area (TPSA) is 68.9 Å². The average Bonchev–Trinajstić information content (AvgIpc) is 2.45. The van der Waals surface area contributed by atoms with Crippen molar-refractivity contribution in [2.45, 2.75) is 20.3 Å². The first-order valence-electron chi connectivity index (χ1n) is 7.03. The summed E-state index contributed by atoms with van der Waals surface area (Å²) in [5.41, 5.74) is 6.95. The number of guanidine groups is 1. The van der Waals surface area contributed by atoms with Crippen molar-refractivity contribution in [1.82, 2.24) is 5.32 Å². The number of benzene rings is 1. The third kappa shape index (κ3) is 7.63. The van der Waals surface area contributed by atoms with Crippen LogP contribution in [0.2, 0.25) is 0 Å². The molecule has 0 unspecified atom stereocenters. The molecule has 0 aliphatic rings. The van der Waals surface area contributed by atoms with Gasteiger partial charge in [0.05, 0.1) is 6.54 Å². The maximum Gasteiger partial charge on any atom is 0.188 e. The number of rotatable bonds is 9. The van der Waals surface area contributed by atoms with Crippen molar-refractivity contribution in [3.63, 3.8) is 0 Å². The number of nitrogens with one attached hydrogen (secondary N) is 1. The van der Waals surface area contributed by atoms with E-state index in [9.17, 15) is 0 Å². The van der Waals surface area contributed by atoms with E-state index in [2.05, 4.69) is 10.3 Å². The lowest BCUT2D eigenvalue weighted by atomic mass is 10.2. The molecule has 1 aromatic carbocycles. The molecule has 0 heterocycles. The number of hydrogen-bond acceptors (Lipinski definition) is 3. The fourth-order valence-corrected chi connectivity index (χ4v) is 1.55.